The molecule has 0 aliphatic heterocycles. The zero-order valence-corrected chi connectivity index (χ0v) is 8.15. The lowest BCUT2D eigenvalue weighted by Gasteiger charge is -2.21. The van der Waals surface area contributed by atoms with Crippen molar-refractivity contribution >= 4 is 0 Å². The van der Waals surface area contributed by atoms with Crippen LogP contribution in [0.5, 0.6) is 0 Å². The largest absolute Gasteiger partial charge is 0.516 e. The van der Waals surface area contributed by atoms with E-state index in [0.717, 1.165) is 12.0 Å². The Balaban J connectivity index is 3.99. The zero-order valence-electron chi connectivity index (χ0n) is 8.15. The minimum absolute atomic E-state index is 0.129. The molecule has 0 heterocycles. The molecule has 0 unspecified atom stereocenters. The van der Waals surface area contributed by atoms with Crippen molar-refractivity contribution in [2.75, 3.05) is 0 Å². The Morgan fingerprint density at radius 1 is 1.36 bits per heavy atom. The zero-order chi connectivity index (χ0) is 8.91. The van der Waals surface area contributed by atoms with Crippen molar-refractivity contribution in [3.8, 4) is 0 Å². The van der Waals surface area contributed by atoms with Gasteiger partial charge in [-0.1, -0.05) is 34.1 Å². The normalized spacial score (nSPS) is 13.6. The van der Waals surface area contributed by atoms with E-state index in [-0.39, 0.29) is 5.41 Å². The van der Waals surface area contributed by atoms with Crippen molar-refractivity contribution in [2.24, 2.45) is 5.41 Å². The van der Waals surface area contributed by atoms with Crippen LogP contribution in [-0.2, 0) is 0 Å². The second kappa shape index (κ2) is 4.42. The van der Waals surface area contributed by atoms with Crippen LogP contribution in [0.15, 0.2) is 11.8 Å². The lowest BCUT2D eigenvalue weighted by atomic mass is 9.84. The summed E-state index contributed by atoms with van der Waals surface area (Å²) in [7, 11) is 0. The SMILES string of the molecule is CCCCC(=CO)C(C)(C)C. The first-order valence-corrected chi connectivity index (χ1v) is 4.36. The van der Waals surface area contributed by atoms with Gasteiger partial charge in [0.1, 0.15) is 0 Å². The number of hydrogen-bond donors (Lipinski definition) is 1. The molecule has 66 valence electrons. The Kier molecular flexibility index (Phi) is 4.24. The molecule has 0 amide bonds. The van der Waals surface area contributed by atoms with E-state index in [0.29, 0.717) is 0 Å². The molecule has 0 atom stereocenters. The highest BCUT2D eigenvalue weighted by Crippen LogP contribution is 2.28. The van der Waals surface area contributed by atoms with Gasteiger partial charge in [-0.25, -0.2) is 0 Å². The van der Waals surface area contributed by atoms with Gasteiger partial charge in [-0.05, 0) is 23.8 Å². The van der Waals surface area contributed by atoms with Crippen LogP contribution in [0.25, 0.3) is 0 Å². The second-order valence-electron chi connectivity index (χ2n) is 4.01. The maximum absolute atomic E-state index is 8.93. The third-order valence-electron chi connectivity index (χ3n) is 1.92. The fourth-order valence-electron chi connectivity index (χ4n) is 1.00. The molecule has 0 saturated heterocycles. The van der Waals surface area contributed by atoms with E-state index < -0.39 is 0 Å². The number of rotatable bonds is 3. The Bertz CT molecular complexity index is 128. The fraction of sp³-hybridized carbons (Fsp3) is 0.800. The smallest absolute Gasteiger partial charge is 0.0788 e. The van der Waals surface area contributed by atoms with Crippen LogP contribution in [0.3, 0.4) is 0 Å². The van der Waals surface area contributed by atoms with Gasteiger partial charge in [0, 0.05) is 0 Å². The average Bonchev–Trinajstić information content (AvgIpc) is 1.87. The number of allylic oxidation sites excluding steroid dienone is 1. The summed E-state index contributed by atoms with van der Waals surface area (Å²) in [5.74, 6) is 0. The van der Waals surface area contributed by atoms with Crippen molar-refractivity contribution in [3.05, 3.63) is 11.8 Å². The molecule has 0 aromatic carbocycles. The Morgan fingerprint density at radius 3 is 2.18 bits per heavy atom. The van der Waals surface area contributed by atoms with Crippen molar-refractivity contribution < 1.29 is 5.11 Å². The minimum atomic E-state index is 0.129. The summed E-state index contributed by atoms with van der Waals surface area (Å²) in [5.41, 5.74) is 1.28. The van der Waals surface area contributed by atoms with Gasteiger partial charge >= 0.3 is 0 Å². The van der Waals surface area contributed by atoms with Crippen LogP contribution in [0.2, 0.25) is 0 Å². The van der Waals surface area contributed by atoms with Gasteiger partial charge in [-0.2, -0.15) is 0 Å². The van der Waals surface area contributed by atoms with Crippen LogP contribution in [0.1, 0.15) is 47.0 Å². The van der Waals surface area contributed by atoms with Crippen LogP contribution in [0, 0.1) is 5.41 Å². The highest BCUT2D eigenvalue weighted by atomic mass is 16.2. The molecular formula is C10H20O. The minimum Gasteiger partial charge on any atom is -0.516 e. The maximum Gasteiger partial charge on any atom is 0.0788 e. The standard InChI is InChI=1S/C10H20O/c1-5-6-7-9(8-11)10(2,3)4/h8,11H,5-7H2,1-4H3. The third-order valence-corrected chi connectivity index (χ3v) is 1.92. The highest BCUT2D eigenvalue weighted by molar-refractivity contribution is 5.07. The maximum atomic E-state index is 8.93. The van der Waals surface area contributed by atoms with Gasteiger partial charge in [0.15, 0.2) is 0 Å². The van der Waals surface area contributed by atoms with Crippen LogP contribution in [-0.4, -0.2) is 5.11 Å². The number of aliphatic hydroxyl groups is 1. The number of hydrogen-bond acceptors (Lipinski definition) is 1. The highest BCUT2D eigenvalue weighted by Gasteiger charge is 2.15. The lowest BCUT2D eigenvalue weighted by molar-refractivity contribution is 0.409. The van der Waals surface area contributed by atoms with Gasteiger partial charge in [0.25, 0.3) is 0 Å². The molecule has 11 heavy (non-hydrogen) atoms. The molecule has 0 aliphatic rings. The molecule has 0 aromatic heterocycles. The first-order chi connectivity index (χ1) is 5.02. The van der Waals surface area contributed by atoms with Gasteiger partial charge in [0.05, 0.1) is 6.26 Å². The summed E-state index contributed by atoms with van der Waals surface area (Å²) >= 11 is 0. The molecule has 0 radical (unpaired) electrons. The van der Waals surface area contributed by atoms with Gasteiger partial charge in [-0.3, -0.25) is 0 Å². The molecule has 1 nitrogen and oxygen atoms in total. The quantitative estimate of drug-likeness (QED) is 0.618. The number of aliphatic hydroxyl groups excluding tert-OH is 1. The predicted octanol–water partition coefficient (Wildman–Crippen LogP) is 3.66. The summed E-state index contributed by atoms with van der Waals surface area (Å²) in [6.45, 7) is 8.55. The van der Waals surface area contributed by atoms with Gasteiger partial charge in [-0.15, -0.1) is 0 Å². The predicted molar refractivity (Wildman–Crippen MR) is 49.7 cm³/mol. The number of unbranched alkanes of at least 4 members (excludes halogenated alkanes) is 1. The summed E-state index contributed by atoms with van der Waals surface area (Å²) in [5, 5.41) is 8.93. The van der Waals surface area contributed by atoms with E-state index in [1.54, 1.807) is 0 Å². The van der Waals surface area contributed by atoms with E-state index in [4.69, 9.17) is 5.11 Å². The average molecular weight is 156 g/mol. The van der Waals surface area contributed by atoms with Crippen molar-refractivity contribution in [1.82, 2.24) is 0 Å². The molecule has 0 fully saturated rings. The van der Waals surface area contributed by atoms with E-state index in [1.165, 1.54) is 19.1 Å². The van der Waals surface area contributed by atoms with E-state index in [1.807, 2.05) is 0 Å². The van der Waals surface area contributed by atoms with Crippen molar-refractivity contribution in [3.63, 3.8) is 0 Å². The Labute approximate surface area is 70.1 Å². The molecule has 1 heteroatoms. The monoisotopic (exact) mass is 156 g/mol. The van der Waals surface area contributed by atoms with Crippen LogP contribution < -0.4 is 0 Å². The van der Waals surface area contributed by atoms with E-state index in [9.17, 15) is 0 Å². The lowest BCUT2D eigenvalue weighted by Crippen LogP contribution is -2.09. The van der Waals surface area contributed by atoms with Gasteiger partial charge in [0.2, 0.25) is 0 Å². The second-order valence-corrected chi connectivity index (χ2v) is 4.01. The molecule has 0 aliphatic carbocycles. The van der Waals surface area contributed by atoms with Crippen LogP contribution in [0.4, 0.5) is 0 Å². The van der Waals surface area contributed by atoms with Crippen molar-refractivity contribution in [1.29, 1.82) is 0 Å². The molecule has 1 N–H and O–H groups in total. The van der Waals surface area contributed by atoms with Crippen LogP contribution >= 0.6 is 0 Å². The first-order valence-electron chi connectivity index (χ1n) is 4.36. The Hall–Kier alpha value is -0.460. The summed E-state index contributed by atoms with van der Waals surface area (Å²) < 4.78 is 0. The van der Waals surface area contributed by atoms with E-state index in [2.05, 4.69) is 27.7 Å². The summed E-state index contributed by atoms with van der Waals surface area (Å²) in [6.07, 6.45) is 4.66. The molecule has 0 aromatic rings. The van der Waals surface area contributed by atoms with Gasteiger partial charge < -0.3 is 5.11 Å². The fourth-order valence-corrected chi connectivity index (χ4v) is 1.00. The molecular weight excluding hydrogens is 136 g/mol. The molecule has 0 bridgehead atoms. The summed E-state index contributed by atoms with van der Waals surface area (Å²) in [6, 6.07) is 0. The summed E-state index contributed by atoms with van der Waals surface area (Å²) in [4.78, 5) is 0. The molecule has 0 rings (SSSR count). The topological polar surface area (TPSA) is 20.2 Å². The van der Waals surface area contributed by atoms with E-state index >= 15 is 0 Å². The molecule has 0 saturated carbocycles. The Morgan fingerprint density at radius 2 is 1.91 bits per heavy atom. The third kappa shape index (κ3) is 4.07. The molecule has 0 spiro atoms. The van der Waals surface area contributed by atoms with Crippen molar-refractivity contribution in [2.45, 2.75) is 47.0 Å². The first kappa shape index (κ1) is 10.5.